The third kappa shape index (κ3) is 4.42. The number of hydrogen-bond donors (Lipinski definition) is 3. The number of nitrogens with one attached hydrogen (secondary N) is 2. The van der Waals surface area contributed by atoms with Crippen molar-refractivity contribution in [3.63, 3.8) is 0 Å². The van der Waals surface area contributed by atoms with Gasteiger partial charge in [-0.15, -0.1) is 0 Å². The number of amides is 2. The molecule has 1 aromatic rings. The Hall–Kier alpha value is -1.62. The van der Waals surface area contributed by atoms with Crippen LogP contribution in [0.4, 0.5) is 14.9 Å². The van der Waals surface area contributed by atoms with Crippen LogP contribution in [0.25, 0.3) is 0 Å². The standard InChI is InChI=1S/C10H13FN2O2/c1-7(14)6-12-10(15)13-9-4-2-3-8(11)5-9/h2-5,7,14H,6H2,1H3,(H2,12,13,15). The molecule has 0 aliphatic rings. The van der Waals surface area contributed by atoms with E-state index >= 15 is 0 Å². The molecule has 0 radical (unpaired) electrons. The molecule has 0 aromatic heterocycles. The molecule has 5 heteroatoms. The molecular weight excluding hydrogens is 199 g/mol. The molecule has 1 unspecified atom stereocenters. The van der Waals surface area contributed by atoms with Crippen molar-refractivity contribution < 1.29 is 14.3 Å². The molecule has 1 atom stereocenters. The second kappa shape index (κ2) is 5.31. The van der Waals surface area contributed by atoms with Crippen molar-refractivity contribution in [1.29, 1.82) is 0 Å². The van der Waals surface area contributed by atoms with E-state index in [4.69, 9.17) is 5.11 Å². The van der Waals surface area contributed by atoms with E-state index in [0.29, 0.717) is 5.69 Å². The topological polar surface area (TPSA) is 61.4 Å². The maximum atomic E-state index is 12.7. The zero-order valence-corrected chi connectivity index (χ0v) is 8.33. The van der Waals surface area contributed by atoms with E-state index in [9.17, 15) is 9.18 Å². The van der Waals surface area contributed by atoms with E-state index < -0.39 is 18.0 Å². The lowest BCUT2D eigenvalue weighted by Gasteiger charge is -2.08. The first-order valence-electron chi connectivity index (χ1n) is 4.56. The van der Waals surface area contributed by atoms with Gasteiger partial charge in [0, 0.05) is 12.2 Å². The third-order valence-electron chi connectivity index (χ3n) is 1.64. The van der Waals surface area contributed by atoms with E-state index in [0.717, 1.165) is 0 Å². The second-order valence-electron chi connectivity index (χ2n) is 3.19. The highest BCUT2D eigenvalue weighted by Crippen LogP contribution is 2.08. The predicted molar refractivity (Wildman–Crippen MR) is 55.1 cm³/mol. The molecule has 0 bridgehead atoms. The number of aliphatic hydroxyl groups is 1. The van der Waals surface area contributed by atoms with E-state index in [1.165, 1.54) is 18.2 Å². The number of carbonyl (C=O) groups excluding carboxylic acids is 1. The fraction of sp³-hybridized carbons (Fsp3) is 0.300. The Morgan fingerprint density at radius 1 is 1.60 bits per heavy atom. The Morgan fingerprint density at radius 3 is 2.93 bits per heavy atom. The molecule has 0 heterocycles. The summed E-state index contributed by atoms with van der Waals surface area (Å²) in [6, 6.07) is 5.10. The van der Waals surface area contributed by atoms with Crippen molar-refractivity contribution in [2.75, 3.05) is 11.9 Å². The number of carbonyl (C=O) groups is 1. The Kier molecular flexibility index (Phi) is 4.05. The Bertz CT molecular complexity index is 342. The van der Waals surface area contributed by atoms with Gasteiger partial charge in [0.2, 0.25) is 0 Å². The molecule has 1 rings (SSSR count). The first-order valence-corrected chi connectivity index (χ1v) is 4.56. The van der Waals surface area contributed by atoms with Gasteiger partial charge in [-0.2, -0.15) is 0 Å². The van der Waals surface area contributed by atoms with Crippen molar-refractivity contribution in [3.8, 4) is 0 Å². The molecule has 4 nitrogen and oxygen atoms in total. The third-order valence-corrected chi connectivity index (χ3v) is 1.64. The van der Waals surface area contributed by atoms with Crippen molar-refractivity contribution in [2.45, 2.75) is 13.0 Å². The molecule has 2 amide bonds. The molecule has 0 fully saturated rings. The Morgan fingerprint density at radius 2 is 2.33 bits per heavy atom. The second-order valence-corrected chi connectivity index (χ2v) is 3.19. The van der Waals surface area contributed by atoms with E-state index in [1.807, 2.05) is 0 Å². The monoisotopic (exact) mass is 212 g/mol. The van der Waals surface area contributed by atoms with Crippen LogP contribution in [0.15, 0.2) is 24.3 Å². The molecule has 3 N–H and O–H groups in total. The van der Waals surface area contributed by atoms with Crippen LogP contribution in [0.2, 0.25) is 0 Å². The highest BCUT2D eigenvalue weighted by atomic mass is 19.1. The van der Waals surface area contributed by atoms with Gasteiger partial charge in [-0.1, -0.05) is 6.07 Å². The lowest BCUT2D eigenvalue weighted by molar-refractivity contribution is 0.190. The van der Waals surface area contributed by atoms with E-state index in [2.05, 4.69) is 10.6 Å². The minimum absolute atomic E-state index is 0.154. The van der Waals surface area contributed by atoms with Crippen LogP contribution >= 0.6 is 0 Å². The number of anilines is 1. The summed E-state index contributed by atoms with van der Waals surface area (Å²) in [7, 11) is 0. The zero-order chi connectivity index (χ0) is 11.3. The zero-order valence-electron chi connectivity index (χ0n) is 8.33. The highest BCUT2D eigenvalue weighted by molar-refractivity contribution is 5.89. The van der Waals surface area contributed by atoms with E-state index in [1.54, 1.807) is 13.0 Å². The number of benzene rings is 1. The van der Waals surface area contributed by atoms with Crippen LogP contribution in [-0.2, 0) is 0 Å². The fourth-order valence-corrected chi connectivity index (χ4v) is 0.982. The van der Waals surface area contributed by atoms with Crippen LogP contribution in [0.1, 0.15) is 6.92 Å². The summed E-state index contributed by atoms with van der Waals surface area (Å²) < 4.78 is 12.7. The highest BCUT2D eigenvalue weighted by Gasteiger charge is 2.03. The van der Waals surface area contributed by atoms with Crippen LogP contribution in [0, 0.1) is 5.82 Å². The quantitative estimate of drug-likeness (QED) is 0.707. The van der Waals surface area contributed by atoms with Crippen molar-refractivity contribution in [2.24, 2.45) is 0 Å². The van der Waals surface area contributed by atoms with Gasteiger partial charge >= 0.3 is 6.03 Å². The summed E-state index contributed by atoms with van der Waals surface area (Å²) >= 11 is 0. The SMILES string of the molecule is CC(O)CNC(=O)Nc1cccc(F)c1. The maximum absolute atomic E-state index is 12.7. The largest absolute Gasteiger partial charge is 0.392 e. The lowest BCUT2D eigenvalue weighted by Crippen LogP contribution is -2.34. The fourth-order valence-electron chi connectivity index (χ4n) is 0.982. The minimum atomic E-state index is -0.608. The van der Waals surface area contributed by atoms with Crippen molar-refractivity contribution in [1.82, 2.24) is 5.32 Å². The Balaban J connectivity index is 2.44. The van der Waals surface area contributed by atoms with Crippen LogP contribution in [-0.4, -0.2) is 23.8 Å². The lowest BCUT2D eigenvalue weighted by atomic mass is 10.3. The minimum Gasteiger partial charge on any atom is -0.392 e. The number of halogens is 1. The molecule has 0 saturated carbocycles. The maximum Gasteiger partial charge on any atom is 0.319 e. The van der Waals surface area contributed by atoms with Crippen LogP contribution < -0.4 is 10.6 Å². The van der Waals surface area contributed by atoms with Gasteiger partial charge in [-0.25, -0.2) is 9.18 Å². The van der Waals surface area contributed by atoms with Gasteiger partial charge in [-0.3, -0.25) is 0 Å². The molecule has 15 heavy (non-hydrogen) atoms. The predicted octanol–water partition coefficient (Wildman–Crippen LogP) is 1.33. The Labute approximate surface area is 87.1 Å². The number of rotatable bonds is 3. The van der Waals surface area contributed by atoms with Gasteiger partial charge < -0.3 is 15.7 Å². The normalized spacial score (nSPS) is 11.9. The van der Waals surface area contributed by atoms with Crippen molar-refractivity contribution >= 4 is 11.7 Å². The summed E-state index contributed by atoms with van der Waals surface area (Å²) in [4.78, 5) is 11.2. The molecular formula is C10H13FN2O2. The van der Waals surface area contributed by atoms with E-state index in [-0.39, 0.29) is 6.54 Å². The molecule has 1 aromatic carbocycles. The summed E-state index contributed by atoms with van der Waals surface area (Å²) in [5, 5.41) is 13.8. The number of urea groups is 1. The molecule has 82 valence electrons. The van der Waals surface area contributed by atoms with Crippen molar-refractivity contribution in [3.05, 3.63) is 30.1 Å². The number of aliphatic hydroxyl groups excluding tert-OH is 1. The average Bonchev–Trinajstić information content (AvgIpc) is 2.15. The van der Waals surface area contributed by atoms with Gasteiger partial charge in [0.15, 0.2) is 0 Å². The first kappa shape index (κ1) is 11.5. The molecule has 0 spiro atoms. The van der Waals surface area contributed by atoms with Crippen LogP contribution in [0.5, 0.6) is 0 Å². The first-order chi connectivity index (χ1) is 7.08. The van der Waals surface area contributed by atoms with Gasteiger partial charge in [-0.05, 0) is 25.1 Å². The molecule has 0 saturated heterocycles. The molecule has 0 aliphatic carbocycles. The summed E-state index contributed by atoms with van der Waals surface area (Å²) in [5.41, 5.74) is 0.373. The van der Waals surface area contributed by atoms with Gasteiger partial charge in [0.1, 0.15) is 5.82 Å². The summed E-state index contributed by atoms with van der Waals surface area (Å²) in [6.45, 7) is 1.71. The summed E-state index contributed by atoms with van der Waals surface area (Å²) in [6.07, 6.45) is -0.608. The smallest absolute Gasteiger partial charge is 0.319 e. The van der Waals surface area contributed by atoms with Gasteiger partial charge in [0.05, 0.1) is 6.10 Å². The molecule has 0 aliphatic heterocycles. The average molecular weight is 212 g/mol. The summed E-state index contributed by atoms with van der Waals surface area (Å²) in [5.74, 6) is -0.414. The van der Waals surface area contributed by atoms with Gasteiger partial charge in [0.25, 0.3) is 0 Å². The van der Waals surface area contributed by atoms with Crippen LogP contribution in [0.3, 0.4) is 0 Å². The number of hydrogen-bond acceptors (Lipinski definition) is 2.